The Hall–Kier alpha value is -1.71. The summed E-state index contributed by atoms with van der Waals surface area (Å²) in [6.45, 7) is 0.949. The molecule has 1 aromatic rings. The van der Waals surface area contributed by atoms with Crippen molar-refractivity contribution in [3.63, 3.8) is 0 Å². The van der Waals surface area contributed by atoms with Gasteiger partial charge >= 0.3 is 0 Å². The first-order valence-electron chi connectivity index (χ1n) is 4.08. The number of hydrogen-bond donors (Lipinski definition) is 0. The molecule has 1 aromatic carbocycles. The molecule has 13 heavy (non-hydrogen) atoms. The van der Waals surface area contributed by atoms with Gasteiger partial charge in [0.15, 0.2) is 0 Å². The van der Waals surface area contributed by atoms with E-state index in [0.717, 1.165) is 5.56 Å². The van der Waals surface area contributed by atoms with Crippen LogP contribution in [0.25, 0.3) is 0 Å². The quantitative estimate of drug-likeness (QED) is 0.681. The highest BCUT2D eigenvalue weighted by Gasteiger charge is 2.14. The lowest BCUT2D eigenvalue weighted by Gasteiger charge is -2.09. The third-order valence-electron chi connectivity index (χ3n) is 1.81. The summed E-state index contributed by atoms with van der Waals surface area (Å²) in [6, 6.07) is 9.88. The van der Waals surface area contributed by atoms with E-state index in [0.29, 0.717) is 13.1 Å². The van der Waals surface area contributed by atoms with Crippen LogP contribution in [0.1, 0.15) is 5.56 Å². The Kier molecular flexibility index (Phi) is 2.04. The van der Waals surface area contributed by atoms with Crippen LogP contribution in [0.2, 0.25) is 0 Å². The van der Waals surface area contributed by atoms with Gasteiger partial charge in [-0.25, -0.2) is 0 Å². The van der Waals surface area contributed by atoms with Crippen LogP contribution >= 0.6 is 0 Å². The second-order valence-corrected chi connectivity index (χ2v) is 2.89. The largest absolute Gasteiger partial charge is 0.287 e. The Morgan fingerprint density at radius 3 is 2.69 bits per heavy atom. The average Bonchev–Trinajstić information content (AvgIpc) is 2.53. The molecule has 0 saturated heterocycles. The maximum Gasteiger partial charge on any atom is 0.287 e. The van der Waals surface area contributed by atoms with Crippen molar-refractivity contribution >= 4 is 5.91 Å². The fourth-order valence-electron chi connectivity index (χ4n) is 1.21. The number of rotatable bonds is 2. The zero-order valence-corrected chi connectivity index (χ0v) is 7.05. The molecule has 0 saturated carbocycles. The molecule has 2 rings (SSSR count). The lowest BCUT2D eigenvalue weighted by Crippen LogP contribution is -2.17. The molecule has 0 aromatic heterocycles. The Morgan fingerprint density at radius 2 is 2.08 bits per heavy atom. The van der Waals surface area contributed by atoms with E-state index < -0.39 is 0 Å². The highest BCUT2D eigenvalue weighted by Crippen LogP contribution is 2.08. The molecule has 0 bridgehead atoms. The number of carbonyl (C=O) groups is 1. The Morgan fingerprint density at radius 1 is 1.31 bits per heavy atom. The molecular formula is C9H9N3O. The van der Waals surface area contributed by atoms with Crippen LogP contribution in [-0.2, 0) is 11.3 Å². The molecule has 0 atom stereocenters. The van der Waals surface area contributed by atoms with Gasteiger partial charge in [0.05, 0.1) is 6.54 Å². The summed E-state index contributed by atoms with van der Waals surface area (Å²) in [7, 11) is 0. The highest BCUT2D eigenvalue weighted by atomic mass is 16.2. The zero-order valence-electron chi connectivity index (χ0n) is 7.05. The number of carbonyl (C=O) groups excluding carboxylic acids is 1. The first-order chi connectivity index (χ1) is 6.34. The molecule has 0 radical (unpaired) electrons. The van der Waals surface area contributed by atoms with Crippen LogP contribution in [0.4, 0.5) is 0 Å². The topological polar surface area (TPSA) is 45.0 Å². The van der Waals surface area contributed by atoms with Crippen molar-refractivity contribution in [1.82, 2.24) is 5.01 Å². The van der Waals surface area contributed by atoms with E-state index in [-0.39, 0.29) is 5.91 Å². The van der Waals surface area contributed by atoms with Crippen LogP contribution < -0.4 is 0 Å². The van der Waals surface area contributed by atoms with Crippen LogP contribution in [0.5, 0.6) is 0 Å². The van der Waals surface area contributed by atoms with Gasteiger partial charge in [-0.15, -0.1) is 0 Å². The van der Waals surface area contributed by atoms with E-state index in [1.165, 1.54) is 0 Å². The van der Waals surface area contributed by atoms with E-state index >= 15 is 0 Å². The number of amides is 1. The number of benzene rings is 1. The third kappa shape index (κ3) is 1.90. The molecule has 1 heterocycles. The minimum atomic E-state index is -0.170. The van der Waals surface area contributed by atoms with Crippen molar-refractivity contribution in [2.24, 2.45) is 10.3 Å². The first-order valence-corrected chi connectivity index (χ1v) is 4.08. The summed E-state index contributed by atoms with van der Waals surface area (Å²) >= 11 is 0. The molecular weight excluding hydrogens is 166 g/mol. The van der Waals surface area contributed by atoms with E-state index in [9.17, 15) is 4.79 Å². The second-order valence-electron chi connectivity index (χ2n) is 2.89. The molecule has 0 spiro atoms. The van der Waals surface area contributed by atoms with Gasteiger partial charge < -0.3 is 0 Å². The summed E-state index contributed by atoms with van der Waals surface area (Å²) in [5.41, 5.74) is 1.14. The van der Waals surface area contributed by atoms with Crippen molar-refractivity contribution in [2.45, 2.75) is 6.54 Å². The standard InChI is InChI=1S/C9H9N3O/c13-9-7-12(11-10-9)6-8-4-2-1-3-5-8/h1-5H,6-7H2. The molecule has 0 fully saturated rings. The van der Waals surface area contributed by atoms with Gasteiger partial charge in [0.1, 0.15) is 6.54 Å². The third-order valence-corrected chi connectivity index (χ3v) is 1.81. The van der Waals surface area contributed by atoms with Crippen molar-refractivity contribution in [3.05, 3.63) is 35.9 Å². The van der Waals surface area contributed by atoms with Crippen LogP contribution in [0.15, 0.2) is 40.7 Å². The normalized spacial score (nSPS) is 15.4. The van der Waals surface area contributed by atoms with E-state index in [4.69, 9.17) is 0 Å². The monoisotopic (exact) mass is 175 g/mol. The fraction of sp³-hybridized carbons (Fsp3) is 0.222. The van der Waals surface area contributed by atoms with Crippen molar-refractivity contribution in [2.75, 3.05) is 6.54 Å². The Balaban J connectivity index is 2.00. The van der Waals surface area contributed by atoms with Gasteiger partial charge in [0, 0.05) is 0 Å². The molecule has 66 valence electrons. The summed E-state index contributed by atoms with van der Waals surface area (Å²) in [6.07, 6.45) is 0. The molecule has 1 amide bonds. The lowest BCUT2D eigenvalue weighted by atomic mass is 10.2. The lowest BCUT2D eigenvalue weighted by molar-refractivity contribution is -0.117. The molecule has 4 heteroatoms. The Labute approximate surface area is 75.9 Å². The molecule has 0 unspecified atom stereocenters. The smallest absolute Gasteiger partial charge is 0.269 e. The maximum atomic E-state index is 10.7. The van der Waals surface area contributed by atoms with E-state index in [1.807, 2.05) is 30.3 Å². The van der Waals surface area contributed by atoms with Gasteiger partial charge in [-0.1, -0.05) is 40.7 Å². The minimum absolute atomic E-state index is 0.170. The van der Waals surface area contributed by atoms with Crippen molar-refractivity contribution in [3.8, 4) is 0 Å². The summed E-state index contributed by atoms with van der Waals surface area (Å²) in [5.74, 6) is -0.170. The average molecular weight is 175 g/mol. The number of nitrogens with zero attached hydrogens (tertiary/aromatic N) is 3. The van der Waals surface area contributed by atoms with Gasteiger partial charge in [0.2, 0.25) is 0 Å². The van der Waals surface area contributed by atoms with Gasteiger partial charge in [-0.3, -0.25) is 9.80 Å². The molecule has 1 aliphatic rings. The maximum absolute atomic E-state index is 10.7. The van der Waals surface area contributed by atoms with Crippen LogP contribution in [0, 0.1) is 0 Å². The second kappa shape index (κ2) is 3.35. The summed E-state index contributed by atoms with van der Waals surface area (Å²) in [5, 5.41) is 8.80. The molecule has 4 nitrogen and oxygen atoms in total. The number of hydrogen-bond acceptors (Lipinski definition) is 3. The fourth-order valence-corrected chi connectivity index (χ4v) is 1.21. The Bertz CT molecular complexity index is 334. The predicted molar refractivity (Wildman–Crippen MR) is 46.7 cm³/mol. The summed E-state index contributed by atoms with van der Waals surface area (Å²) < 4.78 is 0. The van der Waals surface area contributed by atoms with Gasteiger partial charge in [-0.2, -0.15) is 0 Å². The van der Waals surface area contributed by atoms with E-state index in [1.54, 1.807) is 5.01 Å². The zero-order chi connectivity index (χ0) is 9.10. The van der Waals surface area contributed by atoms with Crippen LogP contribution in [0.3, 0.4) is 0 Å². The van der Waals surface area contributed by atoms with E-state index in [2.05, 4.69) is 10.3 Å². The predicted octanol–water partition coefficient (Wildman–Crippen LogP) is 1.40. The van der Waals surface area contributed by atoms with Crippen LogP contribution in [-0.4, -0.2) is 17.5 Å². The van der Waals surface area contributed by atoms with Gasteiger partial charge in [-0.05, 0) is 5.56 Å². The molecule has 0 aliphatic carbocycles. The van der Waals surface area contributed by atoms with Crippen molar-refractivity contribution < 1.29 is 4.79 Å². The van der Waals surface area contributed by atoms with Gasteiger partial charge in [0.25, 0.3) is 5.91 Å². The summed E-state index contributed by atoms with van der Waals surface area (Å²) in [4.78, 5) is 10.7. The first kappa shape index (κ1) is 7.91. The SMILES string of the molecule is O=C1CN(Cc2ccccc2)N=N1. The highest BCUT2D eigenvalue weighted by molar-refractivity contribution is 5.79. The van der Waals surface area contributed by atoms with Crippen molar-refractivity contribution in [1.29, 1.82) is 0 Å². The minimum Gasteiger partial charge on any atom is -0.269 e. The molecule has 1 aliphatic heterocycles. The molecule has 0 N–H and O–H groups in total.